The summed E-state index contributed by atoms with van der Waals surface area (Å²) in [6.45, 7) is 4.63. The van der Waals surface area contributed by atoms with Gasteiger partial charge in [0.05, 0.1) is 25.2 Å². The van der Waals surface area contributed by atoms with Gasteiger partial charge in [0.25, 0.3) is 5.91 Å². The maximum absolute atomic E-state index is 12.2. The number of benzene rings is 1. The lowest BCUT2D eigenvalue weighted by atomic mass is 10.1. The maximum atomic E-state index is 12.2. The molecule has 20 heavy (non-hydrogen) atoms. The number of hydrogen-bond donors (Lipinski definition) is 1. The van der Waals surface area contributed by atoms with Gasteiger partial charge in [-0.2, -0.15) is 0 Å². The highest BCUT2D eigenvalue weighted by Crippen LogP contribution is 2.23. The second-order valence-corrected chi connectivity index (χ2v) is 5.62. The van der Waals surface area contributed by atoms with Crippen LogP contribution in [0.3, 0.4) is 0 Å². The third kappa shape index (κ3) is 4.93. The molecule has 1 amide bonds. The number of amides is 1. The van der Waals surface area contributed by atoms with Crippen LogP contribution in [-0.2, 0) is 0 Å². The first-order valence-corrected chi connectivity index (χ1v) is 7.05. The molecule has 0 saturated heterocycles. The van der Waals surface area contributed by atoms with E-state index in [1.807, 2.05) is 0 Å². The third-order valence-corrected chi connectivity index (χ3v) is 3.20. The Labute approximate surface area is 125 Å². The quantitative estimate of drug-likeness (QED) is 0.787. The van der Waals surface area contributed by atoms with Crippen LogP contribution in [0.4, 0.5) is 0 Å². The van der Waals surface area contributed by atoms with Crippen LogP contribution in [0.5, 0.6) is 11.5 Å². The van der Waals surface area contributed by atoms with Crippen molar-refractivity contribution in [2.75, 3.05) is 20.8 Å². The van der Waals surface area contributed by atoms with E-state index in [4.69, 9.17) is 21.1 Å². The highest BCUT2D eigenvalue weighted by molar-refractivity contribution is 6.21. The highest BCUT2D eigenvalue weighted by atomic mass is 35.5. The van der Waals surface area contributed by atoms with Gasteiger partial charge in [-0.05, 0) is 30.5 Å². The molecular weight excluding hydrogens is 278 g/mol. The summed E-state index contributed by atoms with van der Waals surface area (Å²) in [6.07, 6.45) is 0.858. The van der Waals surface area contributed by atoms with E-state index in [-0.39, 0.29) is 11.3 Å². The summed E-state index contributed by atoms with van der Waals surface area (Å²) in [6, 6.07) is 5.11. The van der Waals surface area contributed by atoms with E-state index in [1.165, 1.54) is 7.11 Å². The van der Waals surface area contributed by atoms with E-state index in [2.05, 4.69) is 19.2 Å². The van der Waals surface area contributed by atoms with E-state index in [9.17, 15) is 4.79 Å². The molecule has 0 aliphatic rings. The van der Waals surface area contributed by atoms with Crippen LogP contribution in [0.2, 0.25) is 0 Å². The molecule has 4 nitrogen and oxygen atoms in total. The van der Waals surface area contributed by atoms with Crippen LogP contribution in [-0.4, -0.2) is 32.0 Å². The fourth-order valence-electron chi connectivity index (χ4n) is 1.89. The van der Waals surface area contributed by atoms with Crippen LogP contribution in [0.1, 0.15) is 30.6 Å². The largest absolute Gasteiger partial charge is 0.497 e. The van der Waals surface area contributed by atoms with Crippen molar-refractivity contribution in [1.29, 1.82) is 0 Å². The zero-order valence-electron chi connectivity index (χ0n) is 12.4. The van der Waals surface area contributed by atoms with E-state index in [0.29, 0.717) is 29.5 Å². The second kappa shape index (κ2) is 8.00. The molecule has 1 atom stereocenters. The number of rotatable bonds is 7. The zero-order chi connectivity index (χ0) is 15.1. The van der Waals surface area contributed by atoms with Crippen molar-refractivity contribution in [3.63, 3.8) is 0 Å². The first-order valence-electron chi connectivity index (χ1n) is 6.62. The summed E-state index contributed by atoms with van der Waals surface area (Å²) in [7, 11) is 3.09. The smallest absolute Gasteiger partial charge is 0.255 e. The number of alkyl halides is 1. The molecular formula is C15H22ClNO3. The van der Waals surface area contributed by atoms with Gasteiger partial charge >= 0.3 is 0 Å². The molecule has 1 rings (SSSR count). The van der Waals surface area contributed by atoms with Gasteiger partial charge in [-0.15, -0.1) is 11.6 Å². The minimum Gasteiger partial charge on any atom is -0.497 e. The number of nitrogens with one attached hydrogen (secondary N) is 1. The molecule has 1 aromatic rings. The molecule has 1 unspecified atom stereocenters. The van der Waals surface area contributed by atoms with Crippen molar-refractivity contribution in [3.05, 3.63) is 23.8 Å². The fraction of sp³-hybridized carbons (Fsp3) is 0.533. The van der Waals surface area contributed by atoms with Gasteiger partial charge in [-0.3, -0.25) is 4.79 Å². The molecule has 0 saturated carbocycles. The molecule has 0 aliphatic carbocycles. The number of carbonyl (C=O) groups is 1. The monoisotopic (exact) mass is 299 g/mol. The van der Waals surface area contributed by atoms with Gasteiger partial charge in [-0.1, -0.05) is 13.8 Å². The second-order valence-electron chi connectivity index (χ2n) is 5.00. The summed E-state index contributed by atoms with van der Waals surface area (Å²) in [5.41, 5.74) is 0.445. The Morgan fingerprint density at radius 2 is 2.00 bits per heavy atom. The summed E-state index contributed by atoms with van der Waals surface area (Å²) in [4.78, 5) is 12.2. The Bertz CT molecular complexity index is 449. The van der Waals surface area contributed by atoms with Crippen LogP contribution in [0.25, 0.3) is 0 Å². The number of carbonyl (C=O) groups excluding carboxylic acids is 1. The van der Waals surface area contributed by atoms with Crippen LogP contribution >= 0.6 is 11.6 Å². The van der Waals surface area contributed by atoms with Crippen molar-refractivity contribution in [2.45, 2.75) is 25.6 Å². The Kier molecular flexibility index (Phi) is 6.65. The van der Waals surface area contributed by atoms with Crippen molar-refractivity contribution in [1.82, 2.24) is 5.32 Å². The number of hydrogen-bond acceptors (Lipinski definition) is 3. The van der Waals surface area contributed by atoms with Crippen molar-refractivity contribution in [3.8, 4) is 11.5 Å². The number of halogens is 1. The molecule has 0 radical (unpaired) electrons. The molecule has 1 N–H and O–H groups in total. The van der Waals surface area contributed by atoms with Crippen LogP contribution < -0.4 is 14.8 Å². The molecule has 0 fully saturated rings. The first kappa shape index (κ1) is 16.6. The lowest BCUT2D eigenvalue weighted by molar-refractivity contribution is 0.0949. The van der Waals surface area contributed by atoms with E-state index in [0.717, 1.165) is 6.42 Å². The van der Waals surface area contributed by atoms with Crippen LogP contribution in [0, 0.1) is 5.92 Å². The predicted octanol–water partition coefficient (Wildman–Crippen LogP) is 3.09. The third-order valence-electron chi connectivity index (χ3n) is 2.86. The Balaban J connectivity index is 2.71. The lowest BCUT2D eigenvalue weighted by Crippen LogP contribution is -2.30. The Hall–Kier alpha value is -1.42. The average molecular weight is 300 g/mol. The number of methoxy groups -OCH3 is 2. The lowest BCUT2D eigenvalue weighted by Gasteiger charge is -2.14. The van der Waals surface area contributed by atoms with E-state index < -0.39 is 0 Å². The minimum absolute atomic E-state index is 0.0736. The molecule has 112 valence electrons. The molecule has 0 spiro atoms. The first-order chi connectivity index (χ1) is 9.47. The summed E-state index contributed by atoms with van der Waals surface area (Å²) < 4.78 is 10.3. The molecule has 0 bridgehead atoms. The molecule has 5 heteroatoms. The van der Waals surface area contributed by atoms with Gasteiger partial charge in [0.1, 0.15) is 11.5 Å². The summed E-state index contributed by atoms with van der Waals surface area (Å²) in [5.74, 6) is 1.41. The maximum Gasteiger partial charge on any atom is 0.255 e. The van der Waals surface area contributed by atoms with Crippen molar-refractivity contribution >= 4 is 17.5 Å². The van der Waals surface area contributed by atoms with Gasteiger partial charge in [0.2, 0.25) is 0 Å². The normalized spacial score (nSPS) is 12.1. The van der Waals surface area contributed by atoms with Gasteiger partial charge < -0.3 is 14.8 Å². The molecule has 0 heterocycles. The molecule has 0 aliphatic heterocycles. The SMILES string of the molecule is COc1ccc(OC)c(C(=O)NCC(Cl)CC(C)C)c1. The standard InChI is InChI=1S/C15H22ClNO3/c1-10(2)7-11(16)9-17-15(18)13-8-12(19-3)5-6-14(13)20-4/h5-6,8,10-11H,7,9H2,1-4H3,(H,17,18). The fourth-order valence-corrected chi connectivity index (χ4v) is 2.32. The summed E-state index contributed by atoms with van der Waals surface area (Å²) >= 11 is 6.17. The zero-order valence-corrected chi connectivity index (χ0v) is 13.2. The van der Waals surface area contributed by atoms with Gasteiger partial charge in [0, 0.05) is 6.54 Å². The van der Waals surface area contributed by atoms with Crippen molar-refractivity contribution in [2.24, 2.45) is 5.92 Å². The highest BCUT2D eigenvalue weighted by Gasteiger charge is 2.15. The predicted molar refractivity (Wildman–Crippen MR) is 81.0 cm³/mol. The summed E-state index contributed by atoms with van der Waals surface area (Å²) in [5, 5.41) is 2.75. The van der Waals surface area contributed by atoms with Crippen LogP contribution in [0.15, 0.2) is 18.2 Å². The minimum atomic E-state index is -0.213. The average Bonchev–Trinajstić information content (AvgIpc) is 2.43. The van der Waals surface area contributed by atoms with Gasteiger partial charge in [-0.25, -0.2) is 0 Å². The Morgan fingerprint density at radius 3 is 2.55 bits per heavy atom. The topological polar surface area (TPSA) is 47.6 Å². The molecule has 0 aromatic heterocycles. The van der Waals surface area contributed by atoms with Gasteiger partial charge in [0.15, 0.2) is 0 Å². The van der Waals surface area contributed by atoms with E-state index in [1.54, 1.807) is 25.3 Å². The number of ether oxygens (including phenoxy) is 2. The Morgan fingerprint density at radius 1 is 1.30 bits per heavy atom. The van der Waals surface area contributed by atoms with Crippen molar-refractivity contribution < 1.29 is 14.3 Å². The van der Waals surface area contributed by atoms with E-state index >= 15 is 0 Å². The molecule has 1 aromatic carbocycles.